The molecule has 47 heavy (non-hydrogen) atoms. The fourth-order valence-electron chi connectivity index (χ4n) is 12.5. The molecule has 0 radical (unpaired) electrons. The summed E-state index contributed by atoms with van der Waals surface area (Å²) in [6.45, 7) is 24.4. The lowest BCUT2D eigenvalue weighted by molar-refractivity contribution is -0.235. The molecule has 5 rings (SSSR count). The number of ketones is 1. The molecule has 0 aromatic heterocycles. The average molecular weight is 656 g/mol. The lowest BCUT2D eigenvalue weighted by Gasteiger charge is -2.72. The van der Waals surface area contributed by atoms with Crippen LogP contribution in [0, 0.1) is 56.2 Å². The molecule has 0 bridgehead atoms. The van der Waals surface area contributed by atoms with Gasteiger partial charge in [-0.2, -0.15) is 0 Å². The number of carbonyl (C=O) groups is 3. The first-order chi connectivity index (χ1) is 21.6. The molecule has 4 fully saturated rings. The van der Waals surface area contributed by atoms with Crippen LogP contribution in [-0.4, -0.2) is 52.7 Å². The minimum Gasteiger partial charge on any atom is -0.481 e. The molecular formula is C40H65NO6. The molecule has 4 saturated carbocycles. The van der Waals surface area contributed by atoms with Gasteiger partial charge in [-0.05, 0) is 111 Å². The van der Waals surface area contributed by atoms with Crippen molar-refractivity contribution in [3.8, 4) is 0 Å². The smallest absolute Gasteiger partial charge is 0.309 e. The van der Waals surface area contributed by atoms with Crippen LogP contribution in [-0.2, 0) is 19.1 Å². The maximum Gasteiger partial charge on any atom is 0.309 e. The molecule has 5 aliphatic rings. The number of carboxylic acid groups (broad SMARTS) is 1. The molecule has 1 unspecified atom stereocenters. The Labute approximate surface area is 284 Å². The second kappa shape index (κ2) is 12.0. The van der Waals surface area contributed by atoms with Crippen molar-refractivity contribution in [2.24, 2.45) is 56.2 Å². The highest BCUT2D eigenvalue weighted by atomic mass is 16.5. The molecule has 3 N–H and O–H groups in total. The summed E-state index contributed by atoms with van der Waals surface area (Å²) in [7, 11) is 0. The second-order valence-electron chi connectivity index (χ2n) is 19.1. The zero-order valence-electron chi connectivity index (χ0n) is 31.3. The first-order valence-corrected chi connectivity index (χ1v) is 18.7. The molecule has 0 aliphatic heterocycles. The topological polar surface area (TPSA) is 113 Å². The summed E-state index contributed by atoms with van der Waals surface area (Å²) in [5.41, 5.74) is 0.677. The molecule has 7 heteroatoms. The average Bonchev–Trinajstić information content (AvgIpc) is 3.26. The monoisotopic (exact) mass is 655 g/mol. The molecule has 266 valence electrons. The van der Waals surface area contributed by atoms with Crippen LogP contribution in [0.5, 0.6) is 0 Å². The minimum atomic E-state index is -1.15. The van der Waals surface area contributed by atoms with E-state index in [0.717, 1.165) is 56.9 Å². The summed E-state index contributed by atoms with van der Waals surface area (Å²) in [6.07, 6.45) is 7.50. The standard InChI is InChI=1S/C40H65NO6/c1-23(2)32-26(42)20-40(29(43)22-41-24(3)4)19-18-38(10)25(33(32)40)12-13-28-37(9)16-15-30(47-31(44)21-35(5,6)34(45)46)36(7,8)27(37)14-17-39(28,38)11/h23-25,27-30,41,43H,12-22H2,1-11H3,(H,45,46)/t25-,27+,28?,29+,30+,37+,38-,39-,40+/m1/s1. The van der Waals surface area contributed by atoms with Gasteiger partial charge in [0.05, 0.1) is 17.9 Å². The highest BCUT2D eigenvalue weighted by Crippen LogP contribution is 2.77. The number of carbonyl (C=O) groups excluding carboxylic acids is 2. The van der Waals surface area contributed by atoms with E-state index in [2.05, 4.69) is 67.6 Å². The molecule has 0 spiro atoms. The minimum absolute atomic E-state index is 0.0224. The number of rotatable bonds is 9. The van der Waals surface area contributed by atoms with Gasteiger partial charge in [0.25, 0.3) is 0 Å². The van der Waals surface area contributed by atoms with E-state index in [4.69, 9.17) is 4.74 Å². The van der Waals surface area contributed by atoms with Gasteiger partial charge in [-0.1, -0.05) is 67.9 Å². The molecule has 0 aromatic rings. The van der Waals surface area contributed by atoms with Crippen LogP contribution in [0.4, 0.5) is 0 Å². The Hall–Kier alpha value is -1.73. The number of esters is 1. The highest BCUT2D eigenvalue weighted by Gasteiger charge is 2.70. The highest BCUT2D eigenvalue weighted by molar-refractivity contribution is 6.00. The molecule has 5 aliphatic carbocycles. The van der Waals surface area contributed by atoms with Crippen molar-refractivity contribution in [2.75, 3.05) is 6.54 Å². The Balaban J connectivity index is 1.45. The molecule has 0 aromatic carbocycles. The van der Waals surface area contributed by atoms with Crippen molar-refractivity contribution in [3.63, 3.8) is 0 Å². The number of aliphatic hydroxyl groups is 1. The predicted octanol–water partition coefficient (Wildman–Crippen LogP) is 7.74. The van der Waals surface area contributed by atoms with E-state index in [1.165, 1.54) is 5.57 Å². The Morgan fingerprint density at radius 3 is 2.17 bits per heavy atom. The van der Waals surface area contributed by atoms with Crippen LogP contribution >= 0.6 is 0 Å². The molecule has 0 heterocycles. The summed E-state index contributed by atoms with van der Waals surface area (Å²) in [4.78, 5) is 38.6. The van der Waals surface area contributed by atoms with Crippen molar-refractivity contribution in [1.29, 1.82) is 0 Å². The largest absolute Gasteiger partial charge is 0.481 e. The fraction of sp³-hybridized carbons (Fsp3) is 0.875. The fourth-order valence-corrected chi connectivity index (χ4v) is 12.5. The van der Waals surface area contributed by atoms with E-state index in [-0.39, 0.29) is 57.8 Å². The Bertz CT molecular complexity index is 1310. The van der Waals surface area contributed by atoms with Crippen molar-refractivity contribution in [2.45, 2.75) is 159 Å². The number of aliphatic carboxylic acids is 1. The van der Waals surface area contributed by atoms with Crippen molar-refractivity contribution in [3.05, 3.63) is 11.1 Å². The van der Waals surface area contributed by atoms with Crippen LogP contribution < -0.4 is 5.32 Å². The second-order valence-corrected chi connectivity index (χ2v) is 19.1. The van der Waals surface area contributed by atoms with Gasteiger partial charge in [-0.15, -0.1) is 0 Å². The normalized spacial score (nSPS) is 40.4. The van der Waals surface area contributed by atoms with Gasteiger partial charge in [0.15, 0.2) is 5.78 Å². The van der Waals surface area contributed by atoms with Crippen molar-refractivity contribution >= 4 is 17.7 Å². The Morgan fingerprint density at radius 2 is 1.57 bits per heavy atom. The van der Waals surface area contributed by atoms with Crippen molar-refractivity contribution in [1.82, 2.24) is 5.32 Å². The SMILES string of the molecule is CC(C)NC[C@H](O)[C@@]12CC[C@]3(C)[C@H](CCC4[C@@]5(C)CC[C@H](OC(=O)CC(C)(C)C(=O)O)C(C)(C)[C@@H]5CC[C@]43C)C1=C(C(C)C)C(=O)C2. The van der Waals surface area contributed by atoms with E-state index < -0.39 is 28.9 Å². The van der Waals surface area contributed by atoms with Gasteiger partial charge in [0.1, 0.15) is 6.10 Å². The third kappa shape index (κ3) is 5.47. The first kappa shape index (κ1) is 36.5. The van der Waals surface area contributed by atoms with Crippen LogP contribution in [0.3, 0.4) is 0 Å². The van der Waals surface area contributed by atoms with Gasteiger partial charge in [-0.25, -0.2) is 0 Å². The lowest BCUT2D eigenvalue weighted by Crippen LogP contribution is -2.66. The number of nitrogens with one attached hydrogen (secondary N) is 1. The first-order valence-electron chi connectivity index (χ1n) is 18.7. The molecule has 0 amide bonds. The summed E-state index contributed by atoms with van der Waals surface area (Å²) in [6, 6.07) is 0.272. The summed E-state index contributed by atoms with van der Waals surface area (Å²) in [5.74, 6) is 0.190. The molecule has 0 saturated heterocycles. The molecular weight excluding hydrogens is 590 g/mol. The van der Waals surface area contributed by atoms with Crippen molar-refractivity contribution < 1.29 is 29.3 Å². The number of fused-ring (bicyclic) bond motifs is 7. The van der Waals surface area contributed by atoms with E-state index in [9.17, 15) is 24.6 Å². The predicted molar refractivity (Wildman–Crippen MR) is 184 cm³/mol. The molecule has 9 atom stereocenters. The maximum absolute atomic E-state index is 13.8. The zero-order valence-corrected chi connectivity index (χ0v) is 31.3. The number of allylic oxidation sites excluding steroid dienone is 1. The van der Waals surface area contributed by atoms with Gasteiger partial charge in [0.2, 0.25) is 0 Å². The third-order valence-corrected chi connectivity index (χ3v) is 15.2. The summed E-state index contributed by atoms with van der Waals surface area (Å²) in [5, 5.41) is 24.9. The van der Waals surface area contributed by atoms with E-state index in [0.29, 0.717) is 24.8 Å². The van der Waals surface area contributed by atoms with Crippen LogP contribution in [0.2, 0.25) is 0 Å². The number of Topliss-reactive ketones (excluding diaryl/α,β-unsaturated/α-hetero) is 1. The van der Waals surface area contributed by atoms with Crippen LogP contribution in [0.15, 0.2) is 11.1 Å². The van der Waals surface area contributed by atoms with E-state index >= 15 is 0 Å². The number of aliphatic hydroxyl groups excluding tert-OH is 1. The van der Waals surface area contributed by atoms with Gasteiger partial charge >= 0.3 is 11.9 Å². The zero-order chi connectivity index (χ0) is 35.1. The third-order valence-electron chi connectivity index (χ3n) is 15.2. The molecule has 7 nitrogen and oxygen atoms in total. The Kier molecular flexibility index (Phi) is 9.30. The number of hydrogen-bond donors (Lipinski definition) is 3. The number of hydrogen-bond acceptors (Lipinski definition) is 6. The summed E-state index contributed by atoms with van der Waals surface area (Å²) >= 11 is 0. The van der Waals surface area contributed by atoms with E-state index in [1.807, 2.05) is 0 Å². The van der Waals surface area contributed by atoms with Gasteiger partial charge in [0, 0.05) is 29.8 Å². The van der Waals surface area contributed by atoms with Gasteiger partial charge in [-0.3, -0.25) is 14.4 Å². The lowest BCUT2D eigenvalue weighted by atomic mass is 9.33. The maximum atomic E-state index is 13.8. The summed E-state index contributed by atoms with van der Waals surface area (Å²) < 4.78 is 6.14. The van der Waals surface area contributed by atoms with Crippen LogP contribution in [0.25, 0.3) is 0 Å². The number of carboxylic acids is 1. The van der Waals surface area contributed by atoms with E-state index in [1.54, 1.807) is 13.8 Å². The quantitative estimate of drug-likeness (QED) is 0.218. The van der Waals surface area contributed by atoms with Crippen LogP contribution in [0.1, 0.15) is 140 Å². The Morgan fingerprint density at radius 1 is 0.915 bits per heavy atom. The number of ether oxygens (including phenoxy) is 1. The van der Waals surface area contributed by atoms with Gasteiger partial charge < -0.3 is 20.3 Å².